The minimum atomic E-state index is -3.86. The minimum Gasteiger partial charge on any atom is -0.273 e. The monoisotopic (exact) mass is 361 g/mol. The molecule has 0 spiro atoms. The number of hydrogen-bond acceptors (Lipinski definition) is 3. The molecule has 0 saturated heterocycles. The molecular formula is C18H16ClNO3S. The van der Waals surface area contributed by atoms with Crippen molar-refractivity contribution in [2.45, 2.75) is 24.2 Å². The number of benzene rings is 2. The van der Waals surface area contributed by atoms with Crippen molar-refractivity contribution >= 4 is 27.5 Å². The molecule has 1 unspecified atom stereocenters. The first-order valence-electron chi connectivity index (χ1n) is 7.45. The lowest BCUT2D eigenvalue weighted by atomic mass is 9.94. The highest BCUT2D eigenvalue weighted by Gasteiger charge is 2.32. The van der Waals surface area contributed by atoms with Crippen LogP contribution in [0.25, 0.3) is 0 Å². The van der Waals surface area contributed by atoms with Crippen LogP contribution in [-0.4, -0.2) is 18.6 Å². The van der Waals surface area contributed by atoms with Gasteiger partial charge in [0, 0.05) is 23.6 Å². The number of hydrogen-bond donors (Lipinski definition) is 0. The maximum Gasteiger partial charge on any atom is 0.270 e. The summed E-state index contributed by atoms with van der Waals surface area (Å²) < 4.78 is 26.1. The van der Waals surface area contributed by atoms with Crippen LogP contribution in [0.5, 0.6) is 0 Å². The van der Waals surface area contributed by atoms with Crippen LogP contribution in [0.2, 0.25) is 5.02 Å². The molecular weight excluding hydrogens is 346 g/mol. The Morgan fingerprint density at radius 1 is 1.04 bits per heavy atom. The Morgan fingerprint density at radius 3 is 2.25 bits per heavy atom. The van der Waals surface area contributed by atoms with E-state index in [0.29, 0.717) is 5.02 Å². The van der Waals surface area contributed by atoms with Gasteiger partial charge in [-0.15, -0.1) is 0 Å². The van der Waals surface area contributed by atoms with Crippen molar-refractivity contribution in [1.29, 1.82) is 0 Å². The fraction of sp³-hybridized carbons (Fsp3) is 0.167. The van der Waals surface area contributed by atoms with Gasteiger partial charge in [-0.2, -0.15) is 0 Å². The van der Waals surface area contributed by atoms with Crippen molar-refractivity contribution in [3.8, 4) is 0 Å². The fourth-order valence-corrected chi connectivity index (χ4v) is 3.99. The lowest BCUT2D eigenvalue weighted by Crippen LogP contribution is -2.35. The average Bonchev–Trinajstić information content (AvgIpc) is 2.55. The molecule has 2 aromatic rings. The van der Waals surface area contributed by atoms with Crippen LogP contribution in [0.3, 0.4) is 0 Å². The maximum absolute atomic E-state index is 12.6. The van der Waals surface area contributed by atoms with Crippen LogP contribution in [0.1, 0.15) is 23.5 Å². The topological polar surface area (TPSA) is 54.5 Å². The molecule has 4 nitrogen and oxygen atoms in total. The van der Waals surface area contributed by atoms with Gasteiger partial charge in [0.2, 0.25) is 5.91 Å². The average molecular weight is 362 g/mol. The maximum atomic E-state index is 12.6. The molecule has 0 aliphatic carbocycles. The first-order valence-corrected chi connectivity index (χ1v) is 9.27. The summed E-state index contributed by atoms with van der Waals surface area (Å²) >= 11 is 5.87. The molecule has 1 amide bonds. The third-order valence-electron chi connectivity index (χ3n) is 3.97. The van der Waals surface area contributed by atoms with E-state index in [2.05, 4.69) is 0 Å². The van der Waals surface area contributed by atoms with Crippen molar-refractivity contribution in [2.75, 3.05) is 0 Å². The molecule has 1 atom stereocenters. The Hall–Kier alpha value is -2.11. The summed E-state index contributed by atoms with van der Waals surface area (Å²) in [6.07, 6.45) is 3.18. The zero-order valence-corrected chi connectivity index (χ0v) is 14.6. The van der Waals surface area contributed by atoms with E-state index < -0.39 is 15.9 Å². The second-order valence-corrected chi connectivity index (χ2v) is 7.96. The smallest absolute Gasteiger partial charge is 0.270 e. The number of amides is 1. The standard InChI is InChI=1S/C18H16ClNO3S/c1-13-2-8-17(9-3-13)24(22,23)20-11-10-15(12-18(20)21)14-4-6-16(19)7-5-14/h2-11,15H,12H2,1H3. The molecule has 24 heavy (non-hydrogen) atoms. The molecule has 0 fully saturated rings. The van der Waals surface area contributed by atoms with Gasteiger partial charge < -0.3 is 0 Å². The number of aryl methyl sites for hydroxylation is 1. The van der Waals surface area contributed by atoms with Crippen LogP contribution in [0.15, 0.2) is 65.7 Å². The zero-order chi connectivity index (χ0) is 17.3. The van der Waals surface area contributed by atoms with Crippen LogP contribution in [0.4, 0.5) is 0 Å². The van der Waals surface area contributed by atoms with Gasteiger partial charge in [-0.05, 0) is 36.8 Å². The van der Waals surface area contributed by atoms with Gasteiger partial charge in [0.05, 0.1) is 4.90 Å². The second kappa shape index (κ2) is 6.42. The molecule has 1 heterocycles. The summed E-state index contributed by atoms with van der Waals surface area (Å²) in [6, 6.07) is 13.6. The highest BCUT2D eigenvalue weighted by Crippen LogP contribution is 2.30. The predicted octanol–water partition coefficient (Wildman–Crippen LogP) is 3.87. The molecule has 3 rings (SSSR count). The number of allylic oxidation sites excluding steroid dienone is 1. The molecule has 1 aliphatic rings. The first kappa shape index (κ1) is 16.7. The van der Waals surface area contributed by atoms with Gasteiger partial charge in [-0.1, -0.05) is 47.5 Å². The molecule has 124 valence electrons. The highest BCUT2D eigenvalue weighted by atomic mass is 35.5. The normalized spacial score (nSPS) is 18.0. The van der Waals surface area contributed by atoms with Gasteiger partial charge in [0.15, 0.2) is 0 Å². The summed E-state index contributed by atoms with van der Waals surface area (Å²) in [5, 5.41) is 0.619. The molecule has 0 aromatic heterocycles. The molecule has 0 N–H and O–H groups in total. The summed E-state index contributed by atoms with van der Waals surface area (Å²) in [5.41, 5.74) is 1.88. The second-order valence-electron chi connectivity index (χ2n) is 5.71. The molecule has 0 saturated carbocycles. The van der Waals surface area contributed by atoms with Crippen LogP contribution in [-0.2, 0) is 14.8 Å². The summed E-state index contributed by atoms with van der Waals surface area (Å²) in [5.74, 6) is -0.600. The van der Waals surface area contributed by atoms with E-state index in [1.807, 2.05) is 19.1 Å². The van der Waals surface area contributed by atoms with Crippen LogP contribution < -0.4 is 0 Å². The fourth-order valence-electron chi connectivity index (χ4n) is 2.59. The quantitative estimate of drug-likeness (QED) is 0.833. The molecule has 6 heteroatoms. The molecule has 0 bridgehead atoms. The number of rotatable bonds is 3. The van der Waals surface area contributed by atoms with Crippen molar-refractivity contribution in [1.82, 2.24) is 4.31 Å². The molecule has 2 aromatic carbocycles. The Labute approximate surface area is 146 Å². The van der Waals surface area contributed by atoms with Gasteiger partial charge >= 0.3 is 0 Å². The van der Waals surface area contributed by atoms with Gasteiger partial charge in [-0.25, -0.2) is 12.7 Å². The Kier molecular flexibility index (Phi) is 4.47. The Balaban J connectivity index is 1.88. The zero-order valence-electron chi connectivity index (χ0n) is 13.0. The van der Waals surface area contributed by atoms with Gasteiger partial charge in [0.1, 0.15) is 0 Å². The summed E-state index contributed by atoms with van der Waals surface area (Å²) in [6.45, 7) is 1.87. The minimum absolute atomic E-state index is 0.100. The van der Waals surface area contributed by atoms with E-state index in [1.54, 1.807) is 30.3 Å². The number of carbonyl (C=O) groups is 1. The largest absolute Gasteiger partial charge is 0.273 e. The Bertz CT molecular complexity index is 887. The van der Waals surface area contributed by atoms with Crippen LogP contribution >= 0.6 is 11.6 Å². The van der Waals surface area contributed by atoms with E-state index in [0.717, 1.165) is 15.4 Å². The van der Waals surface area contributed by atoms with Crippen molar-refractivity contribution < 1.29 is 13.2 Å². The van der Waals surface area contributed by atoms with Crippen molar-refractivity contribution in [3.63, 3.8) is 0 Å². The molecule has 1 aliphatic heterocycles. The van der Waals surface area contributed by atoms with E-state index in [4.69, 9.17) is 11.6 Å². The third kappa shape index (κ3) is 3.23. The number of halogens is 1. The number of carbonyl (C=O) groups excluding carboxylic acids is 1. The Morgan fingerprint density at radius 2 is 1.67 bits per heavy atom. The highest BCUT2D eigenvalue weighted by molar-refractivity contribution is 7.89. The van der Waals surface area contributed by atoms with E-state index in [9.17, 15) is 13.2 Å². The van der Waals surface area contributed by atoms with Crippen molar-refractivity contribution in [2.24, 2.45) is 0 Å². The van der Waals surface area contributed by atoms with E-state index >= 15 is 0 Å². The first-order chi connectivity index (χ1) is 11.4. The number of nitrogens with zero attached hydrogens (tertiary/aromatic N) is 1. The lowest BCUT2D eigenvalue weighted by molar-refractivity contribution is -0.125. The third-order valence-corrected chi connectivity index (χ3v) is 5.93. The van der Waals surface area contributed by atoms with Crippen molar-refractivity contribution in [3.05, 3.63) is 77.0 Å². The predicted molar refractivity (Wildman–Crippen MR) is 93.2 cm³/mol. The van der Waals surface area contributed by atoms with E-state index in [1.165, 1.54) is 18.3 Å². The number of sulfonamides is 1. The van der Waals surface area contributed by atoms with Gasteiger partial charge in [0.25, 0.3) is 10.0 Å². The summed E-state index contributed by atoms with van der Waals surface area (Å²) in [7, 11) is -3.86. The van der Waals surface area contributed by atoms with E-state index in [-0.39, 0.29) is 17.2 Å². The molecule has 0 radical (unpaired) electrons. The summed E-state index contributed by atoms with van der Waals surface area (Å²) in [4.78, 5) is 12.5. The van der Waals surface area contributed by atoms with Crippen LogP contribution in [0, 0.1) is 6.92 Å². The SMILES string of the molecule is Cc1ccc(S(=O)(=O)N2C=CC(c3ccc(Cl)cc3)CC2=O)cc1. The van der Waals surface area contributed by atoms with Gasteiger partial charge in [-0.3, -0.25) is 4.79 Å². The lowest BCUT2D eigenvalue weighted by Gasteiger charge is -2.26.